The lowest BCUT2D eigenvalue weighted by atomic mass is 10.1. The molecule has 0 radical (unpaired) electrons. The molecule has 5 nitrogen and oxygen atoms in total. The van der Waals surface area contributed by atoms with Crippen LogP contribution in [0.2, 0.25) is 0 Å². The number of nitrogens with zero attached hydrogens (tertiary/aromatic N) is 1. The van der Waals surface area contributed by atoms with Gasteiger partial charge in [0.15, 0.2) is 5.76 Å². The van der Waals surface area contributed by atoms with Gasteiger partial charge in [-0.15, -0.1) is 0 Å². The maximum atomic E-state index is 11.1. The molecule has 2 rings (SSSR count). The summed E-state index contributed by atoms with van der Waals surface area (Å²) in [5.41, 5.74) is 2.79. The fourth-order valence-electron chi connectivity index (χ4n) is 1.96. The fourth-order valence-corrected chi connectivity index (χ4v) is 1.96. The topological polar surface area (TPSA) is 67.2 Å². The molecule has 2 N–H and O–H groups in total. The molecular formula is C15H19N3O2. The van der Waals surface area contributed by atoms with E-state index in [0.29, 0.717) is 6.54 Å². The van der Waals surface area contributed by atoms with Crippen molar-refractivity contribution in [1.29, 1.82) is 0 Å². The molecule has 2 aromatic rings. The van der Waals surface area contributed by atoms with Gasteiger partial charge in [0.1, 0.15) is 0 Å². The molecule has 1 atom stereocenters. The molecule has 1 unspecified atom stereocenters. The first-order valence-corrected chi connectivity index (χ1v) is 6.57. The van der Waals surface area contributed by atoms with Crippen LogP contribution in [0.1, 0.15) is 36.9 Å². The number of aryl methyl sites for hydroxylation is 1. The zero-order chi connectivity index (χ0) is 14.5. The van der Waals surface area contributed by atoms with E-state index in [1.54, 1.807) is 0 Å². The summed E-state index contributed by atoms with van der Waals surface area (Å²) >= 11 is 0. The smallest absolute Gasteiger partial charge is 0.221 e. The first kappa shape index (κ1) is 14.3. The van der Waals surface area contributed by atoms with Crippen molar-refractivity contribution in [3.05, 3.63) is 47.3 Å². The number of carbonyl (C=O) groups is 1. The lowest BCUT2D eigenvalue weighted by Gasteiger charge is -2.14. The Morgan fingerprint density at radius 3 is 2.85 bits per heavy atom. The molecule has 0 fully saturated rings. The third-order valence-corrected chi connectivity index (χ3v) is 2.97. The average Bonchev–Trinajstić information content (AvgIpc) is 2.81. The fraction of sp³-hybridized carbons (Fsp3) is 0.333. The van der Waals surface area contributed by atoms with E-state index in [-0.39, 0.29) is 11.9 Å². The first-order chi connectivity index (χ1) is 9.54. The average molecular weight is 273 g/mol. The number of anilines is 1. The third-order valence-electron chi connectivity index (χ3n) is 2.97. The highest BCUT2D eigenvalue weighted by atomic mass is 16.5. The molecule has 106 valence electrons. The van der Waals surface area contributed by atoms with Crippen molar-refractivity contribution in [2.45, 2.75) is 33.4 Å². The number of aromatic nitrogens is 1. The monoisotopic (exact) mass is 273 g/mol. The Morgan fingerprint density at radius 1 is 1.40 bits per heavy atom. The Balaban J connectivity index is 1.97. The predicted molar refractivity (Wildman–Crippen MR) is 77.2 cm³/mol. The summed E-state index contributed by atoms with van der Waals surface area (Å²) in [7, 11) is 0. The largest absolute Gasteiger partial charge is 0.360 e. The highest BCUT2D eigenvalue weighted by Crippen LogP contribution is 2.18. The standard InChI is InChI=1S/C15H19N3O2/c1-10-7-15(20-18-10)9-16-11(2)13-5-4-6-14(8-13)17-12(3)19/h4-8,11,16H,9H2,1-3H3,(H,17,19). The van der Waals surface area contributed by atoms with Gasteiger partial charge in [-0.2, -0.15) is 0 Å². The minimum atomic E-state index is -0.0695. The van der Waals surface area contributed by atoms with Gasteiger partial charge in [-0.1, -0.05) is 17.3 Å². The Bertz CT molecular complexity index is 592. The molecule has 1 aromatic carbocycles. The summed E-state index contributed by atoms with van der Waals surface area (Å²) in [5, 5.41) is 10.00. The number of hydrogen-bond acceptors (Lipinski definition) is 4. The molecule has 0 aliphatic rings. The highest BCUT2D eigenvalue weighted by molar-refractivity contribution is 5.88. The Kier molecular flexibility index (Phi) is 4.53. The summed E-state index contributed by atoms with van der Waals surface area (Å²) in [6.45, 7) is 6.08. The van der Waals surface area contributed by atoms with Crippen LogP contribution in [0.15, 0.2) is 34.9 Å². The van der Waals surface area contributed by atoms with E-state index in [1.165, 1.54) is 6.92 Å². The van der Waals surface area contributed by atoms with Gasteiger partial charge in [0.05, 0.1) is 12.2 Å². The van der Waals surface area contributed by atoms with Crippen LogP contribution < -0.4 is 10.6 Å². The van der Waals surface area contributed by atoms with Gasteiger partial charge in [-0.25, -0.2) is 0 Å². The van der Waals surface area contributed by atoms with Crippen LogP contribution >= 0.6 is 0 Å². The number of rotatable bonds is 5. The molecule has 0 aliphatic carbocycles. The molecule has 0 aliphatic heterocycles. The second-order valence-corrected chi connectivity index (χ2v) is 4.84. The van der Waals surface area contributed by atoms with Crippen molar-refractivity contribution in [2.24, 2.45) is 0 Å². The summed E-state index contributed by atoms with van der Waals surface area (Å²) in [4.78, 5) is 11.1. The van der Waals surface area contributed by atoms with Crippen LogP contribution in [0.25, 0.3) is 0 Å². The van der Waals surface area contributed by atoms with E-state index < -0.39 is 0 Å². The Hall–Kier alpha value is -2.14. The quantitative estimate of drug-likeness (QED) is 0.879. The Labute approximate surface area is 118 Å². The summed E-state index contributed by atoms with van der Waals surface area (Å²) in [5.74, 6) is 0.743. The summed E-state index contributed by atoms with van der Waals surface area (Å²) < 4.78 is 5.16. The van der Waals surface area contributed by atoms with Crippen molar-refractivity contribution in [2.75, 3.05) is 5.32 Å². The van der Waals surface area contributed by atoms with E-state index >= 15 is 0 Å². The summed E-state index contributed by atoms with van der Waals surface area (Å²) in [6.07, 6.45) is 0. The maximum absolute atomic E-state index is 11.1. The van der Waals surface area contributed by atoms with Crippen LogP contribution in [0.3, 0.4) is 0 Å². The number of amides is 1. The van der Waals surface area contributed by atoms with Crippen LogP contribution in [0, 0.1) is 6.92 Å². The predicted octanol–water partition coefficient (Wildman–Crippen LogP) is 2.79. The Morgan fingerprint density at radius 2 is 2.20 bits per heavy atom. The SMILES string of the molecule is CC(=O)Nc1cccc(C(C)NCc2cc(C)no2)c1. The summed E-state index contributed by atoms with van der Waals surface area (Å²) in [6, 6.07) is 9.84. The second kappa shape index (κ2) is 6.34. The van der Waals surface area contributed by atoms with E-state index in [0.717, 1.165) is 22.7 Å². The molecule has 5 heteroatoms. The van der Waals surface area contributed by atoms with Crippen LogP contribution in [-0.2, 0) is 11.3 Å². The van der Waals surface area contributed by atoms with Gasteiger partial charge >= 0.3 is 0 Å². The lowest BCUT2D eigenvalue weighted by Crippen LogP contribution is -2.18. The van der Waals surface area contributed by atoms with E-state index in [2.05, 4.69) is 22.7 Å². The first-order valence-electron chi connectivity index (χ1n) is 6.57. The zero-order valence-electron chi connectivity index (χ0n) is 11.9. The molecular weight excluding hydrogens is 254 g/mol. The van der Waals surface area contributed by atoms with E-state index in [1.807, 2.05) is 37.3 Å². The molecule has 1 aromatic heterocycles. The van der Waals surface area contributed by atoms with Gasteiger partial charge in [0.25, 0.3) is 0 Å². The van der Waals surface area contributed by atoms with Gasteiger partial charge in [-0.3, -0.25) is 4.79 Å². The van der Waals surface area contributed by atoms with Gasteiger partial charge in [0, 0.05) is 24.7 Å². The number of hydrogen-bond donors (Lipinski definition) is 2. The van der Waals surface area contributed by atoms with Gasteiger partial charge < -0.3 is 15.2 Å². The highest BCUT2D eigenvalue weighted by Gasteiger charge is 2.08. The molecule has 1 heterocycles. The van der Waals surface area contributed by atoms with E-state index in [4.69, 9.17) is 4.52 Å². The van der Waals surface area contributed by atoms with Crippen LogP contribution in [0.5, 0.6) is 0 Å². The second-order valence-electron chi connectivity index (χ2n) is 4.84. The molecule has 0 saturated carbocycles. The normalized spacial score (nSPS) is 12.2. The van der Waals surface area contributed by atoms with Crippen LogP contribution in [0.4, 0.5) is 5.69 Å². The zero-order valence-corrected chi connectivity index (χ0v) is 11.9. The van der Waals surface area contributed by atoms with Gasteiger partial charge in [-0.05, 0) is 31.5 Å². The molecule has 20 heavy (non-hydrogen) atoms. The number of carbonyl (C=O) groups excluding carboxylic acids is 1. The van der Waals surface area contributed by atoms with Crippen molar-refractivity contribution in [3.63, 3.8) is 0 Å². The van der Waals surface area contributed by atoms with E-state index in [9.17, 15) is 4.79 Å². The third kappa shape index (κ3) is 3.93. The maximum Gasteiger partial charge on any atom is 0.221 e. The number of nitrogens with one attached hydrogen (secondary N) is 2. The van der Waals surface area contributed by atoms with Crippen molar-refractivity contribution >= 4 is 11.6 Å². The minimum absolute atomic E-state index is 0.0695. The molecule has 0 spiro atoms. The molecule has 0 saturated heterocycles. The minimum Gasteiger partial charge on any atom is -0.360 e. The number of benzene rings is 1. The van der Waals surface area contributed by atoms with Crippen molar-refractivity contribution in [3.8, 4) is 0 Å². The van der Waals surface area contributed by atoms with Crippen molar-refractivity contribution in [1.82, 2.24) is 10.5 Å². The van der Waals surface area contributed by atoms with Crippen LogP contribution in [-0.4, -0.2) is 11.1 Å². The van der Waals surface area contributed by atoms with Gasteiger partial charge in [0.2, 0.25) is 5.91 Å². The van der Waals surface area contributed by atoms with Crippen molar-refractivity contribution < 1.29 is 9.32 Å². The lowest BCUT2D eigenvalue weighted by molar-refractivity contribution is -0.114. The molecule has 0 bridgehead atoms. The molecule has 1 amide bonds.